The number of primary amides is 1. The predicted octanol–water partition coefficient (Wildman–Crippen LogP) is -2.79. The van der Waals surface area contributed by atoms with Crippen molar-refractivity contribution in [3.05, 3.63) is 29.8 Å². The van der Waals surface area contributed by atoms with Crippen LogP contribution in [0.3, 0.4) is 0 Å². The monoisotopic (exact) mass is 1050 g/mol. The topological polar surface area (TPSA) is 399 Å². The zero-order valence-electron chi connectivity index (χ0n) is 42.9. The van der Waals surface area contributed by atoms with Crippen LogP contribution in [0.5, 0.6) is 5.75 Å². The number of hydrogen-bond donors (Lipinski definition) is 14. The number of nitrogens with two attached hydrogens (primary N) is 2. The molecule has 0 aromatic heterocycles. The third kappa shape index (κ3) is 16.2. The lowest BCUT2D eigenvalue weighted by atomic mass is 9.91. The summed E-state index contributed by atoms with van der Waals surface area (Å²) in [4.78, 5) is 99.0. The summed E-state index contributed by atoms with van der Waals surface area (Å²) in [5.41, 5.74) is 11.0. The largest absolute Gasteiger partial charge is 0.508 e. The maximum atomic E-state index is 14.3. The number of hydrogen-bond acceptors (Lipinski definition) is 17. The second kappa shape index (κ2) is 28.7. The minimum atomic E-state index is -2.29. The van der Waals surface area contributed by atoms with Crippen LogP contribution in [0.2, 0.25) is 0 Å². The Morgan fingerprint density at radius 3 is 1.92 bits per heavy atom. The van der Waals surface area contributed by atoms with E-state index in [1.165, 1.54) is 18.6 Å². The van der Waals surface area contributed by atoms with Crippen LogP contribution in [-0.2, 0) is 33.6 Å². The summed E-state index contributed by atoms with van der Waals surface area (Å²) < 4.78 is 0. The average molecular weight is 1050 g/mol. The normalized spacial score (nSPS) is 25.5. The molecule has 0 bridgehead atoms. The number of carbonyl (C=O) groups excluding carboxylic acids is 7. The first-order valence-electron chi connectivity index (χ1n) is 26.0. The highest BCUT2D eigenvalue weighted by Crippen LogP contribution is 2.29. The molecule has 0 radical (unpaired) electrons. The van der Waals surface area contributed by atoms with Crippen LogP contribution in [0, 0.1) is 11.8 Å². The maximum absolute atomic E-state index is 14.3. The van der Waals surface area contributed by atoms with E-state index in [1.807, 2.05) is 0 Å². The third-order valence-electron chi connectivity index (χ3n) is 14.6. The Hall–Kier alpha value is -5.05. The van der Waals surface area contributed by atoms with Gasteiger partial charge in [-0.1, -0.05) is 77.8 Å². The number of likely N-dealkylation sites (tertiary alicyclic amines) is 3. The van der Waals surface area contributed by atoms with Crippen LogP contribution in [0.25, 0.3) is 0 Å². The molecule has 3 fully saturated rings. The number of β-amino-alcohol motifs (C(OH)–C–C–N with tert-alkyl or cyclic N) is 1. The number of nitrogens with zero attached hydrogens (tertiary/aromatic N) is 3. The summed E-state index contributed by atoms with van der Waals surface area (Å²) in [5, 5.41) is 104. The van der Waals surface area contributed by atoms with Crippen LogP contribution in [-0.4, -0.2) is 201 Å². The first kappa shape index (κ1) is 61.5. The zero-order chi connectivity index (χ0) is 55.1. The van der Waals surface area contributed by atoms with Crippen molar-refractivity contribution in [3.8, 4) is 5.75 Å². The molecule has 3 unspecified atom stereocenters. The highest BCUT2D eigenvalue weighted by atomic mass is 16.4. The van der Waals surface area contributed by atoms with Gasteiger partial charge in [-0.2, -0.15) is 0 Å². The molecule has 3 aliphatic rings. The van der Waals surface area contributed by atoms with E-state index in [0.717, 1.165) is 78.7 Å². The number of phenols is 1. The Kier molecular flexibility index (Phi) is 23.9. The molecule has 0 spiro atoms. The molecule has 24 nitrogen and oxygen atoms in total. The van der Waals surface area contributed by atoms with Gasteiger partial charge in [0.25, 0.3) is 0 Å². The fourth-order valence-electron chi connectivity index (χ4n) is 10.1. The highest BCUT2D eigenvalue weighted by molar-refractivity contribution is 5.98. The summed E-state index contributed by atoms with van der Waals surface area (Å²) in [6.45, 7) is 6.89. The molecule has 24 heteroatoms. The van der Waals surface area contributed by atoms with Crippen molar-refractivity contribution in [2.75, 3.05) is 19.6 Å². The van der Waals surface area contributed by atoms with Gasteiger partial charge >= 0.3 is 0 Å². The molecule has 3 aliphatic heterocycles. The molecule has 1 aromatic rings. The standard InChI is InChI=1S/C50H82N8O16/c1-5-26(2)22-27(3)12-10-8-6-7-9-11-13-37(65)58-33(24-36(64)48(58)72)46(70)53-38(28(4)59)49(73)57-25-31(61)23-32(57)45(69)55-40(43(67)42(66)29-14-16-30(60)17-15-29)47(71)54-39(34(62)18-20-51)50(74)56-21-19-35(63)41(56)44(52)68/h14-17,26-28,31-36,38-43,48,59-64,66-67,72H,5-13,18-25,51H2,1-4H3,(H2,52,68)(H,53,70)(H,54,71)(H,55,69)/t26?,27?,28-,31-,32+,33+,34-,35+,36-,38+,39+,40+,41+,42+,43+,48?/m1/s1. The average Bonchev–Trinajstić information content (AvgIpc) is 4.04. The molecule has 16 atom stereocenters. The lowest BCUT2D eigenvalue weighted by Gasteiger charge is -2.34. The van der Waals surface area contributed by atoms with Crippen LogP contribution >= 0.6 is 0 Å². The Bertz CT molecular complexity index is 2030. The number of aliphatic hydroxyl groups excluding tert-OH is 8. The van der Waals surface area contributed by atoms with E-state index in [1.54, 1.807) is 0 Å². The van der Waals surface area contributed by atoms with Gasteiger partial charge in [-0.25, -0.2) is 0 Å². The summed E-state index contributed by atoms with van der Waals surface area (Å²) in [6, 6.07) is -6.05. The van der Waals surface area contributed by atoms with Crippen molar-refractivity contribution in [2.24, 2.45) is 23.3 Å². The number of aliphatic hydroxyl groups is 8. The van der Waals surface area contributed by atoms with Gasteiger partial charge in [0.2, 0.25) is 41.4 Å². The van der Waals surface area contributed by atoms with E-state index < -0.39 is 146 Å². The number of aromatic hydroxyl groups is 1. The van der Waals surface area contributed by atoms with Gasteiger partial charge in [0.15, 0.2) is 6.23 Å². The second-order valence-electron chi connectivity index (χ2n) is 20.5. The lowest BCUT2D eigenvalue weighted by Crippen LogP contribution is -2.64. The van der Waals surface area contributed by atoms with Crippen LogP contribution in [0.15, 0.2) is 24.3 Å². The Morgan fingerprint density at radius 1 is 0.716 bits per heavy atom. The van der Waals surface area contributed by atoms with Crippen LogP contribution in [0.1, 0.15) is 129 Å². The van der Waals surface area contributed by atoms with E-state index in [4.69, 9.17) is 11.5 Å². The van der Waals surface area contributed by atoms with Crippen LogP contribution in [0.4, 0.5) is 0 Å². The molecule has 4 rings (SSSR count). The summed E-state index contributed by atoms with van der Waals surface area (Å²) in [7, 11) is 0. The van der Waals surface area contributed by atoms with Gasteiger partial charge < -0.3 is 88.1 Å². The molecule has 1 aromatic carbocycles. The van der Waals surface area contributed by atoms with Crippen molar-refractivity contribution in [2.45, 2.75) is 203 Å². The first-order valence-corrected chi connectivity index (χ1v) is 26.0. The smallest absolute Gasteiger partial charge is 0.248 e. The number of unbranched alkanes of at least 4 members (excludes halogenated alkanes) is 5. The number of benzene rings is 1. The van der Waals surface area contributed by atoms with E-state index in [9.17, 15) is 79.5 Å². The molecule has 0 aliphatic carbocycles. The fourth-order valence-corrected chi connectivity index (χ4v) is 10.1. The van der Waals surface area contributed by atoms with E-state index in [-0.39, 0.29) is 43.7 Å². The van der Waals surface area contributed by atoms with Crippen molar-refractivity contribution < 1.29 is 79.5 Å². The summed E-state index contributed by atoms with van der Waals surface area (Å²) in [6.07, 6.45) is -6.37. The quantitative estimate of drug-likeness (QED) is 0.0377. The lowest BCUT2D eigenvalue weighted by molar-refractivity contribution is -0.151. The Balaban J connectivity index is 1.50. The molecule has 74 heavy (non-hydrogen) atoms. The molecule has 16 N–H and O–H groups in total. The van der Waals surface area contributed by atoms with Gasteiger partial charge in [0.05, 0.1) is 24.4 Å². The third-order valence-corrected chi connectivity index (χ3v) is 14.6. The predicted molar refractivity (Wildman–Crippen MR) is 265 cm³/mol. The molecule has 3 heterocycles. The van der Waals surface area contributed by atoms with Gasteiger partial charge in [0.1, 0.15) is 60.3 Å². The molecule has 7 amide bonds. The molecule has 418 valence electrons. The van der Waals surface area contributed by atoms with Gasteiger partial charge in [0, 0.05) is 32.4 Å². The number of rotatable bonds is 28. The second-order valence-corrected chi connectivity index (χ2v) is 20.5. The number of carbonyl (C=O) groups is 7. The van der Waals surface area contributed by atoms with E-state index in [2.05, 4.69) is 36.7 Å². The minimum absolute atomic E-state index is 0.0377. The molecule has 3 saturated heterocycles. The number of nitrogens with one attached hydrogen (secondary N) is 3. The minimum Gasteiger partial charge on any atom is -0.508 e. The highest BCUT2D eigenvalue weighted by Gasteiger charge is 2.50. The number of amides is 7. The van der Waals surface area contributed by atoms with Crippen molar-refractivity contribution in [1.29, 1.82) is 0 Å². The Morgan fingerprint density at radius 2 is 1.31 bits per heavy atom. The molecular formula is C50H82N8O16. The van der Waals surface area contributed by atoms with Crippen molar-refractivity contribution in [3.63, 3.8) is 0 Å². The zero-order valence-corrected chi connectivity index (χ0v) is 42.9. The van der Waals surface area contributed by atoms with Gasteiger partial charge in [-0.3, -0.25) is 33.6 Å². The Labute approximate surface area is 431 Å². The summed E-state index contributed by atoms with van der Waals surface area (Å²) >= 11 is 0. The van der Waals surface area contributed by atoms with Crippen molar-refractivity contribution >= 4 is 41.4 Å². The maximum Gasteiger partial charge on any atom is 0.248 e. The van der Waals surface area contributed by atoms with Crippen LogP contribution < -0.4 is 27.4 Å². The van der Waals surface area contributed by atoms with Crippen molar-refractivity contribution in [1.82, 2.24) is 30.7 Å². The number of phenolic OH excluding ortho intramolecular Hbond substituents is 1. The van der Waals surface area contributed by atoms with E-state index >= 15 is 0 Å². The summed E-state index contributed by atoms with van der Waals surface area (Å²) in [5.74, 6) is -6.42. The molecule has 0 saturated carbocycles. The van der Waals surface area contributed by atoms with Gasteiger partial charge in [-0.15, -0.1) is 0 Å². The first-order chi connectivity index (χ1) is 34.9. The fraction of sp³-hybridized carbons (Fsp3) is 0.740. The SMILES string of the molecule is CCC(C)CC(C)CCCCCCCCC(=O)N1C(O)[C@H](O)C[C@H]1C(=O)N[C@H](C(=O)N1C[C@H](O)C[C@H]1C(=O)N[C@H](C(=O)N[C@H](C(=O)N1CC[C@H](O)[C@H]1C(N)=O)[C@H](O)CCN)[C@H](O)[C@@H](O)c1ccc(O)cc1)[C@@H](C)O. The van der Waals surface area contributed by atoms with E-state index in [0.29, 0.717) is 18.3 Å². The van der Waals surface area contributed by atoms with Gasteiger partial charge in [-0.05, 0) is 68.7 Å². The molecular weight excluding hydrogens is 969 g/mol.